The van der Waals surface area contributed by atoms with Crippen molar-refractivity contribution in [2.24, 2.45) is 11.3 Å². The Balaban J connectivity index is 1.94. The van der Waals surface area contributed by atoms with E-state index >= 15 is 0 Å². The van der Waals surface area contributed by atoms with Crippen LogP contribution in [-0.2, 0) is 0 Å². The lowest BCUT2D eigenvalue weighted by molar-refractivity contribution is 0.0493. The zero-order chi connectivity index (χ0) is 14.6. The number of aromatic nitrogens is 4. The molecule has 7 heteroatoms. The van der Waals surface area contributed by atoms with Gasteiger partial charge in [0, 0.05) is 0 Å². The van der Waals surface area contributed by atoms with Crippen molar-refractivity contribution in [1.29, 1.82) is 5.26 Å². The predicted molar refractivity (Wildman–Crippen MR) is 76.8 cm³/mol. The number of halogens is 1. The minimum atomic E-state index is -0.453. The first-order chi connectivity index (χ1) is 10.1. The Morgan fingerprint density at radius 2 is 2.24 bits per heavy atom. The Morgan fingerprint density at radius 3 is 2.95 bits per heavy atom. The third-order valence-electron chi connectivity index (χ3n) is 5.15. The van der Waals surface area contributed by atoms with Crippen molar-refractivity contribution in [2.75, 3.05) is 0 Å². The van der Waals surface area contributed by atoms with Gasteiger partial charge in [-0.05, 0) is 49.6 Å². The average molecular weight is 304 g/mol. The van der Waals surface area contributed by atoms with Gasteiger partial charge in [-0.1, -0.05) is 0 Å². The normalized spacial score (nSPS) is 31.4. The molecule has 0 aliphatic heterocycles. The van der Waals surface area contributed by atoms with Crippen LogP contribution >= 0.6 is 11.6 Å². The predicted octanol–water partition coefficient (Wildman–Crippen LogP) is 2.42. The summed E-state index contributed by atoms with van der Waals surface area (Å²) in [5, 5.41) is 9.83. The fraction of sp³-hybridized carbons (Fsp3) is 0.571. The lowest BCUT2D eigenvalue weighted by atomic mass is 9.58. The molecule has 3 aliphatic rings. The summed E-state index contributed by atoms with van der Waals surface area (Å²) in [6, 6.07) is 2.38. The van der Waals surface area contributed by atoms with Crippen LogP contribution in [0.1, 0.15) is 38.1 Å². The molecule has 2 bridgehead atoms. The zero-order valence-corrected chi connectivity index (χ0v) is 12.1. The topological polar surface area (TPSA) is 87.4 Å². The molecule has 3 aliphatic carbocycles. The maximum Gasteiger partial charge on any atom is 0.328 e. The van der Waals surface area contributed by atoms with Crippen molar-refractivity contribution in [3.63, 3.8) is 0 Å². The number of hydrogen-bond acceptors (Lipinski definition) is 4. The molecule has 0 radical (unpaired) electrons. The monoisotopic (exact) mass is 303 g/mol. The van der Waals surface area contributed by atoms with Crippen molar-refractivity contribution >= 4 is 22.8 Å². The number of nitrogens with zero attached hydrogens (tertiary/aromatic N) is 4. The summed E-state index contributed by atoms with van der Waals surface area (Å²) in [6.45, 7) is 0. The first-order valence-corrected chi connectivity index (χ1v) is 7.55. The van der Waals surface area contributed by atoms with E-state index in [0.29, 0.717) is 17.1 Å². The van der Waals surface area contributed by atoms with Crippen LogP contribution in [0.25, 0.3) is 11.2 Å². The van der Waals surface area contributed by atoms with Gasteiger partial charge in [0.05, 0.1) is 23.7 Å². The highest BCUT2D eigenvalue weighted by molar-refractivity contribution is 6.28. The van der Waals surface area contributed by atoms with Gasteiger partial charge in [0.2, 0.25) is 5.28 Å². The number of nitriles is 1. The highest BCUT2D eigenvalue weighted by atomic mass is 35.5. The van der Waals surface area contributed by atoms with Gasteiger partial charge in [-0.3, -0.25) is 4.57 Å². The zero-order valence-electron chi connectivity index (χ0n) is 11.3. The summed E-state index contributed by atoms with van der Waals surface area (Å²) in [5.41, 5.74) is 0.394. The molecule has 108 valence electrons. The van der Waals surface area contributed by atoms with E-state index in [4.69, 9.17) is 11.6 Å². The number of fused-ring (bicyclic) bond motifs is 4. The number of rotatable bonds is 1. The largest absolute Gasteiger partial charge is 0.328 e. The summed E-state index contributed by atoms with van der Waals surface area (Å²) in [6.07, 6.45) is 6.26. The van der Waals surface area contributed by atoms with Gasteiger partial charge in [0.15, 0.2) is 5.65 Å². The van der Waals surface area contributed by atoms with Crippen molar-refractivity contribution in [1.82, 2.24) is 19.5 Å². The third kappa shape index (κ3) is 1.74. The Bertz CT molecular complexity index is 809. The fourth-order valence-electron chi connectivity index (χ4n) is 4.03. The van der Waals surface area contributed by atoms with Crippen molar-refractivity contribution < 1.29 is 0 Å². The lowest BCUT2D eigenvalue weighted by Gasteiger charge is -2.48. The van der Waals surface area contributed by atoms with E-state index in [0.717, 1.165) is 32.1 Å². The molecular weight excluding hydrogens is 290 g/mol. The number of hydrogen-bond donors (Lipinski definition) is 1. The molecule has 0 spiro atoms. The van der Waals surface area contributed by atoms with Gasteiger partial charge in [-0.25, -0.2) is 9.78 Å². The van der Waals surface area contributed by atoms with E-state index < -0.39 is 5.41 Å². The molecule has 2 aromatic heterocycles. The minimum absolute atomic E-state index is 0.113. The number of nitrogens with one attached hydrogen (secondary N) is 1. The second kappa shape index (κ2) is 4.31. The Labute approximate surface area is 125 Å². The van der Waals surface area contributed by atoms with Gasteiger partial charge in [0.25, 0.3) is 0 Å². The molecular formula is C14H14ClN5O. The lowest BCUT2D eigenvalue weighted by Crippen LogP contribution is -2.44. The summed E-state index contributed by atoms with van der Waals surface area (Å²) < 4.78 is 1.64. The van der Waals surface area contributed by atoms with Gasteiger partial charge >= 0.3 is 5.69 Å². The van der Waals surface area contributed by atoms with Gasteiger partial charge in [-0.2, -0.15) is 10.2 Å². The van der Waals surface area contributed by atoms with E-state index in [-0.39, 0.29) is 17.0 Å². The number of H-pyrrole nitrogens is 1. The molecule has 1 atom stereocenters. The average Bonchev–Trinajstić information content (AvgIpc) is 2.83. The number of imidazole rings is 1. The smallest absolute Gasteiger partial charge is 0.303 e. The molecule has 2 heterocycles. The maximum absolute atomic E-state index is 12.4. The van der Waals surface area contributed by atoms with E-state index in [1.54, 1.807) is 4.57 Å². The molecule has 0 amide bonds. The van der Waals surface area contributed by atoms with Crippen LogP contribution in [0.3, 0.4) is 0 Å². The maximum atomic E-state index is 12.4. The summed E-state index contributed by atoms with van der Waals surface area (Å²) in [4.78, 5) is 23.2. The van der Waals surface area contributed by atoms with Crippen LogP contribution in [0.4, 0.5) is 0 Å². The molecule has 21 heavy (non-hydrogen) atoms. The standard InChI is InChI=1S/C14H14ClN5O/c15-12-17-6-9-11(19-12)20(13(21)18-9)10-5-8-1-3-14(10,7-16)4-2-8/h6,8,10H,1-5H2,(H,18,21). The van der Waals surface area contributed by atoms with Crippen LogP contribution in [0.15, 0.2) is 11.0 Å². The Kier molecular flexibility index (Phi) is 2.64. The van der Waals surface area contributed by atoms with Gasteiger partial charge in [0.1, 0.15) is 5.52 Å². The fourth-order valence-corrected chi connectivity index (χ4v) is 4.16. The van der Waals surface area contributed by atoms with E-state index in [1.807, 2.05) is 0 Å². The first-order valence-electron chi connectivity index (χ1n) is 7.17. The van der Waals surface area contributed by atoms with Crippen molar-refractivity contribution in [2.45, 2.75) is 38.1 Å². The number of aromatic amines is 1. The highest BCUT2D eigenvalue weighted by Crippen LogP contribution is 2.55. The van der Waals surface area contributed by atoms with E-state index in [1.165, 1.54) is 6.20 Å². The Morgan fingerprint density at radius 1 is 1.48 bits per heavy atom. The third-order valence-corrected chi connectivity index (χ3v) is 5.34. The summed E-state index contributed by atoms with van der Waals surface area (Å²) in [7, 11) is 0. The first kappa shape index (κ1) is 12.8. The van der Waals surface area contributed by atoms with Gasteiger partial charge < -0.3 is 4.98 Å². The quantitative estimate of drug-likeness (QED) is 0.820. The highest BCUT2D eigenvalue weighted by Gasteiger charge is 2.50. The van der Waals surface area contributed by atoms with Crippen molar-refractivity contribution in [3.05, 3.63) is 22.0 Å². The molecule has 3 fully saturated rings. The van der Waals surface area contributed by atoms with E-state index in [9.17, 15) is 10.1 Å². The molecule has 2 aromatic rings. The minimum Gasteiger partial charge on any atom is -0.303 e. The summed E-state index contributed by atoms with van der Waals surface area (Å²) in [5.74, 6) is 0.597. The van der Waals surface area contributed by atoms with Crippen molar-refractivity contribution in [3.8, 4) is 6.07 Å². The van der Waals surface area contributed by atoms with Crippen LogP contribution in [0.5, 0.6) is 0 Å². The molecule has 1 N–H and O–H groups in total. The second-order valence-electron chi connectivity index (χ2n) is 6.14. The van der Waals surface area contributed by atoms with Crippen LogP contribution in [-0.4, -0.2) is 19.5 Å². The molecule has 6 nitrogen and oxygen atoms in total. The van der Waals surface area contributed by atoms with Crippen LogP contribution < -0.4 is 5.69 Å². The summed E-state index contributed by atoms with van der Waals surface area (Å²) >= 11 is 5.87. The van der Waals surface area contributed by atoms with E-state index in [2.05, 4.69) is 21.0 Å². The second-order valence-corrected chi connectivity index (χ2v) is 6.48. The van der Waals surface area contributed by atoms with Crippen LogP contribution in [0, 0.1) is 22.7 Å². The molecule has 0 saturated heterocycles. The molecule has 0 aromatic carbocycles. The SMILES string of the molecule is N#CC12CCC(CC1)CC2n1c(=O)[nH]c2cnc(Cl)nc21. The van der Waals surface area contributed by atoms with Crippen LogP contribution in [0.2, 0.25) is 5.28 Å². The molecule has 5 rings (SSSR count). The Hall–Kier alpha value is -1.87. The molecule has 3 saturated carbocycles. The van der Waals surface area contributed by atoms with Gasteiger partial charge in [-0.15, -0.1) is 0 Å². The molecule has 1 unspecified atom stereocenters.